The van der Waals surface area contributed by atoms with Crippen molar-refractivity contribution in [2.24, 2.45) is 0 Å². The minimum absolute atomic E-state index is 0.535. The molecule has 0 saturated heterocycles. The fourth-order valence-corrected chi connectivity index (χ4v) is 3.66. The second-order valence-corrected chi connectivity index (χ2v) is 6.61. The van der Waals surface area contributed by atoms with Crippen molar-refractivity contribution >= 4 is 11.8 Å². The third kappa shape index (κ3) is 3.64. The van der Waals surface area contributed by atoms with Crippen LogP contribution in [-0.4, -0.2) is 18.0 Å². The molecular formula is C21H20O2S. The third-order valence-corrected chi connectivity index (χ3v) is 5.18. The maximum Gasteiger partial charge on any atom is 0.124 e. The van der Waals surface area contributed by atoms with Crippen LogP contribution in [0, 0.1) is 0 Å². The number of benzene rings is 3. The average Bonchev–Trinajstić information content (AvgIpc) is 2.68. The first-order valence-corrected chi connectivity index (χ1v) is 8.81. The molecule has 0 radical (unpaired) electrons. The third-order valence-electron chi connectivity index (χ3n) is 4.01. The largest absolute Gasteiger partial charge is 0.497 e. The average molecular weight is 336 g/mol. The Morgan fingerprint density at radius 1 is 0.792 bits per heavy atom. The molecular weight excluding hydrogens is 316 g/mol. The van der Waals surface area contributed by atoms with Crippen molar-refractivity contribution in [1.29, 1.82) is 0 Å². The van der Waals surface area contributed by atoms with Crippen LogP contribution >= 0.6 is 11.8 Å². The smallest absolute Gasteiger partial charge is 0.124 e. The van der Waals surface area contributed by atoms with Crippen LogP contribution in [0.3, 0.4) is 0 Å². The number of ether oxygens (including phenoxy) is 1. The maximum atomic E-state index is 11.5. The normalized spacial score (nSPS) is 11.2. The molecule has 0 heterocycles. The molecule has 0 spiro atoms. The molecule has 2 nitrogen and oxygen atoms in total. The van der Waals surface area contributed by atoms with Crippen LogP contribution < -0.4 is 4.74 Å². The topological polar surface area (TPSA) is 29.5 Å². The Bertz CT molecular complexity index is 715. The highest BCUT2D eigenvalue weighted by atomic mass is 32.2. The number of thioether (sulfide) groups is 1. The summed E-state index contributed by atoms with van der Waals surface area (Å²) in [6, 6.07) is 27.6. The molecule has 3 rings (SSSR count). The van der Waals surface area contributed by atoms with Crippen LogP contribution in [0.15, 0.2) is 89.8 Å². The van der Waals surface area contributed by atoms with Gasteiger partial charge in [-0.05, 0) is 35.4 Å². The van der Waals surface area contributed by atoms with Gasteiger partial charge in [-0.15, -0.1) is 11.8 Å². The molecule has 3 heteroatoms. The van der Waals surface area contributed by atoms with Gasteiger partial charge >= 0.3 is 0 Å². The van der Waals surface area contributed by atoms with Crippen molar-refractivity contribution in [1.82, 2.24) is 0 Å². The van der Waals surface area contributed by atoms with Gasteiger partial charge in [0.25, 0.3) is 0 Å². The van der Waals surface area contributed by atoms with Crippen molar-refractivity contribution in [3.8, 4) is 5.75 Å². The van der Waals surface area contributed by atoms with E-state index >= 15 is 0 Å². The summed E-state index contributed by atoms with van der Waals surface area (Å²) >= 11 is 1.63. The van der Waals surface area contributed by atoms with Crippen molar-refractivity contribution in [2.75, 3.05) is 12.9 Å². The molecule has 122 valence electrons. The molecule has 0 bridgehead atoms. The van der Waals surface area contributed by atoms with Gasteiger partial charge in [-0.2, -0.15) is 0 Å². The van der Waals surface area contributed by atoms with E-state index in [9.17, 15) is 5.11 Å². The lowest BCUT2D eigenvalue weighted by atomic mass is 9.88. The molecule has 0 unspecified atom stereocenters. The molecule has 24 heavy (non-hydrogen) atoms. The standard InChI is InChI=1S/C21H20O2S/c1-23-19-12-14-20(15-13-19)24-16-21(22,17-8-4-2-5-9-17)18-10-6-3-7-11-18/h2-15,22H,16H2,1H3. The molecule has 0 amide bonds. The number of aliphatic hydroxyl groups is 1. The first-order valence-electron chi connectivity index (χ1n) is 7.83. The molecule has 1 N–H and O–H groups in total. The number of hydrogen-bond donors (Lipinski definition) is 1. The Labute approximate surface area is 147 Å². The summed E-state index contributed by atoms with van der Waals surface area (Å²) in [5.41, 5.74) is 0.766. The molecule has 3 aromatic carbocycles. The fraction of sp³-hybridized carbons (Fsp3) is 0.143. The Hall–Kier alpha value is -2.23. The van der Waals surface area contributed by atoms with Crippen LogP contribution in [-0.2, 0) is 5.60 Å². The van der Waals surface area contributed by atoms with E-state index in [0.717, 1.165) is 21.8 Å². The van der Waals surface area contributed by atoms with Crippen molar-refractivity contribution in [3.63, 3.8) is 0 Å². The van der Waals surface area contributed by atoms with E-state index in [-0.39, 0.29) is 0 Å². The molecule has 0 aliphatic heterocycles. The van der Waals surface area contributed by atoms with E-state index in [2.05, 4.69) is 0 Å². The molecule has 0 fully saturated rings. The lowest BCUT2D eigenvalue weighted by Gasteiger charge is -2.29. The van der Waals surface area contributed by atoms with Crippen LogP contribution in [0.4, 0.5) is 0 Å². The summed E-state index contributed by atoms with van der Waals surface area (Å²) in [4.78, 5) is 1.10. The molecule has 0 atom stereocenters. The van der Waals surface area contributed by atoms with Crippen LogP contribution in [0.25, 0.3) is 0 Å². The molecule has 3 aromatic rings. The minimum atomic E-state index is -1.03. The Kier molecular flexibility index (Phi) is 5.24. The van der Waals surface area contributed by atoms with E-state index in [0.29, 0.717) is 5.75 Å². The highest BCUT2D eigenvalue weighted by molar-refractivity contribution is 7.99. The lowest BCUT2D eigenvalue weighted by Crippen LogP contribution is -2.30. The zero-order valence-electron chi connectivity index (χ0n) is 13.6. The van der Waals surface area contributed by atoms with Crippen molar-refractivity contribution < 1.29 is 9.84 Å². The van der Waals surface area contributed by atoms with Gasteiger partial charge < -0.3 is 9.84 Å². The molecule has 0 aliphatic rings. The van der Waals surface area contributed by atoms with Crippen LogP contribution in [0.2, 0.25) is 0 Å². The van der Waals surface area contributed by atoms with E-state index in [1.807, 2.05) is 84.9 Å². The Balaban J connectivity index is 1.88. The predicted molar refractivity (Wildman–Crippen MR) is 99.6 cm³/mol. The predicted octanol–water partition coefficient (Wildman–Crippen LogP) is 4.72. The summed E-state index contributed by atoms with van der Waals surface area (Å²) in [5.74, 6) is 1.37. The first-order chi connectivity index (χ1) is 11.7. The minimum Gasteiger partial charge on any atom is -0.497 e. The van der Waals surface area contributed by atoms with Gasteiger partial charge in [0.2, 0.25) is 0 Å². The molecule has 0 aromatic heterocycles. The number of methoxy groups -OCH3 is 1. The van der Waals surface area contributed by atoms with Crippen molar-refractivity contribution in [2.45, 2.75) is 10.5 Å². The highest BCUT2D eigenvalue weighted by Gasteiger charge is 2.31. The zero-order valence-corrected chi connectivity index (χ0v) is 14.4. The lowest BCUT2D eigenvalue weighted by molar-refractivity contribution is 0.107. The van der Waals surface area contributed by atoms with Gasteiger partial charge in [-0.1, -0.05) is 60.7 Å². The van der Waals surface area contributed by atoms with Gasteiger partial charge in [0.05, 0.1) is 7.11 Å². The zero-order chi connectivity index (χ0) is 16.8. The summed E-state index contributed by atoms with van der Waals surface area (Å²) in [5, 5.41) is 11.5. The monoisotopic (exact) mass is 336 g/mol. The summed E-state index contributed by atoms with van der Waals surface area (Å²) < 4.78 is 5.19. The van der Waals surface area contributed by atoms with E-state index in [4.69, 9.17) is 4.74 Å². The number of hydrogen-bond acceptors (Lipinski definition) is 3. The van der Waals surface area contributed by atoms with Gasteiger partial charge in [0, 0.05) is 10.6 Å². The van der Waals surface area contributed by atoms with Gasteiger partial charge in [-0.25, -0.2) is 0 Å². The van der Waals surface area contributed by atoms with Gasteiger partial charge in [0.15, 0.2) is 0 Å². The summed E-state index contributed by atoms with van der Waals surface area (Å²) in [6.45, 7) is 0. The fourth-order valence-electron chi connectivity index (χ4n) is 2.62. The first kappa shape index (κ1) is 16.6. The second-order valence-electron chi connectivity index (χ2n) is 5.56. The summed E-state index contributed by atoms with van der Waals surface area (Å²) in [6.07, 6.45) is 0. The maximum absolute atomic E-state index is 11.5. The van der Waals surface area contributed by atoms with Crippen molar-refractivity contribution in [3.05, 3.63) is 96.1 Å². The quantitative estimate of drug-likeness (QED) is 0.660. The highest BCUT2D eigenvalue weighted by Crippen LogP contribution is 2.35. The Morgan fingerprint density at radius 3 is 1.75 bits per heavy atom. The van der Waals surface area contributed by atoms with Crippen LogP contribution in [0.1, 0.15) is 11.1 Å². The summed E-state index contributed by atoms with van der Waals surface area (Å²) in [7, 11) is 1.66. The van der Waals surface area contributed by atoms with E-state index in [1.165, 1.54) is 0 Å². The van der Waals surface area contributed by atoms with E-state index < -0.39 is 5.60 Å². The van der Waals surface area contributed by atoms with Gasteiger partial charge in [-0.3, -0.25) is 0 Å². The number of rotatable bonds is 6. The SMILES string of the molecule is COc1ccc(SCC(O)(c2ccccc2)c2ccccc2)cc1. The molecule has 0 aliphatic carbocycles. The second kappa shape index (κ2) is 7.56. The van der Waals surface area contributed by atoms with E-state index in [1.54, 1.807) is 18.9 Å². The van der Waals surface area contributed by atoms with Gasteiger partial charge in [0.1, 0.15) is 11.4 Å². The molecule has 0 saturated carbocycles. The Morgan fingerprint density at radius 2 is 1.29 bits per heavy atom. The van der Waals surface area contributed by atoms with Crippen LogP contribution in [0.5, 0.6) is 5.75 Å².